The number of amides is 3. The zero-order chi connectivity index (χ0) is 28.8. The zero-order valence-electron chi connectivity index (χ0n) is 22.2. The number of fused-ring (bicyclic) bond motifs is 1. The van der Waals surface area contributed by atoms with Crippen molar-refractivity contribution in [2.24, 2.45) is 5.92 Å². The van der Waals surface area contributed by atoms with Crippen LogP contribution >= 0.6 is 11.3 Å². The molecule has 2 aromatic carbocycles. The number of H-pyrrole nitrogens is 1. The summed E-state index contributed by atoms with van der Waals surface area (Å²) in [6, 6.07) is 19.2. The van der Waals surface area contributed by atoms with Crippen molar-refractivity contribution in [3.8, 4) is 22.9 Å². The van der Waals surface area contributed by atoms with Crippen molar-refractivity contribution in [3.63, 3.8) is 0 Å². The van der Waals surface area contributed by atoms with Gasteiger partial charge in [-0.3, -0.25) is 23.9 Å². The van der Waals surface area contributed by atoms with E-state index in [1.54, 1.807) is 10.3 Å². The number of rotatable bonds is 9. The summed E-state index contributed by atoms with van der Waals surface area (Å²) in [5.74, 6) is 1.40. The number of aromatic amines is 1. The van der Waals surface area contributed by atoms with E-state index in [-0.39, 0.29) is 24.4 Å². The predicted octanol–water partition coefficient (Wildman–Crippen LogP) is 3.23. The number of para-hydroxylation sites is 1. The lowest BCUT2D eigenvalue weighted by atomic mass is 10.1. The Bertz CT molecular complexity index is 1550. The molecule has 3 heterocycles. The third-order valence-electron chi connectivity index (χ3n) is 6.84. The summed E-state index contributed by atoms with van der Waals surface area (Å²) in [7, 11) is 0. The Labute approximate surface area is 239 Å². The molecule has 1 saturated heterocycles. The van der Waals surface area contributed by atoms with Crippen LogP contribution in [0.5, 0.6) is 11.5 Å². The Hall–Kier alpha value is -4.71. The molecule has 2 aliphatic rings. The number of carbonyl (C=O) groups excluding carboxylic acids is 3. The SMILES string of the molecule is Cc1ccc(Oc2ccccc2)cc1.O=CNCC(=O)N1C(C(=O)NCc2cc(-c3noc(=O)[nH]3)cs2)CC2CC21. The lowest BCUT2D eigenvalue weighted by Crippen LogP contribution is -2.50. The maximum absolute atomic E-state index is 12.6. The van der Waals surface area contributed by atoms with Gasteiger partial charge >= 0.3 is 5.76 Å². The highest BCUT2D eigenvalue weighted by atomic mass is 32.1. The number of thiophene rings is 1. The van der Waals surface area contributed by atoms with Gasteiger partial charge in [-0.05, 0) is 56.0 Å². The minimum absolute atomic E-state index is 0.0965. The van der Waals surface area contributed by atoms with Crippen LogP contribution in [0.4, 0.5) is 0 Å². The summed E-state index contributed by atoms with van der Waals surface area (Å²) in [4.78, 5) is 51.2. The molecule has 11 nitrogen and oxygen atoms in total. The molecule has 0 spiro atoms. The van der Waals surface area contributed by atoms with E-state index in [9.17, 15) is 19.2 Å². The maximum Gasteiger partial charge on any atom is 0.439 e. The molecule has 12 heteroatoms. The van der Waals surface area contributed by atoms with E-state index >= 15 is 0 Å². The lowest BCUT2D eigenvalue weighted by molar-refractivity contribution is -0.139. The fourth-order valence-electron chi connectivity index (χ4n) is 4.74. The second-order valence-electron chi connectivity index (χ2n) is 9.81. The number of carbonyl (C=O) groups is 3. The van der Waals surface area contributed by atoms with Crippen LogP contribution in [-0.2, 0) is 20.9 Å². The molecule has 3 N–H and O–H groups in total. The van der Waals surface area contributed by atoms with Gasteiger partial charge in [-0.15, -0.1) is 11.3 Å². The first-order valence-electron chi connectivity index (χ1n) is 13.1. The van der Waals surface area contributed by atoms with Crippen LogP contribution in [0.1, 0.15) is 23.3 Å². The molecule has 0 radical (unpaired) electrons. The minimum Gasteiger partial charge on any atom is -0.457 e. The average Bonchev–Trinajstić information content (AvgIpc) is 3.30. The van der Waals surface area contributed by atoms with E-state index in [1.165, 1.54) is 16.9 Å². The number of hydrogen-bond donors (Lipinski definition) is 3. The number of hydrogen-bond acceptors (Lipinski definition) is 8. The van der Waals surface area contributed by atoms with Gasteiger partial charge in [-0.2, -0.15) is 0 Å². The highest BCUT2D eigenvalue weighted by Crippen LogP contribution is 2.47. The Morgan fingerprint density at radius 2 is 1.90 bits per heavy atom. The fraction of sp³-hybridized carbons (Fsp3) is 0.276. The van der Waals surface area contributed by atoms with Crippen LogP contribution in [-0.4, -0.2) is 51.9 Å². The van der Waals surface area contributed by atoms with Gasteiger partial charge in [-0.25, -0.2) is 4.79 Å². The van der Waals surface area contributed by atoms with Crippen LogP contribution in [0, 0.1) is 12.8 Å². The van der Waals surface area contributed by atoms with Crippen molar-refractivity contribution < 1.29 is 23.6 Å². The van der Waals surface area contributed by atoms with Crippen molar-refractivity contribution >= 4 is 29.6 Å². The molecule has 3 atom stereocenters. The van der Waals surface area contributed by atoms with Crippen molar-refractivity contribution in [1.29, 1.82) is 0 Å². The van der Waals surface area contributed by atoms with E-state index in [0.717, 1.165) is 22.8 Å². The summed E-state index contributed by atoms with van der Waals surface area (Å²) < 4.78 is 10.1. The number of aromatic nitrogens is 2. The Balaban J connectivity index is 0.000000202. The van der Waals surface area contributed by atoms with E-state index in [4.69, 9.17) is 4.74 Å². The number of likely N-dealkylation sites (tertiary alicyclic amines) is 1. The minimum atomic E-state index is -0.625. The number of aryl methyl sites for hydroxylation is 1. The van der Waals surface area contributed by atoms with Gasteiger partial charge in [0.2, 0.25) is 18.2 Å². The van der Waals surface area contributed by atoms with E-state index in [2.05, 4.69) is 32.2 Å². The molecule has 1 saturated carbocycles. The molecule has 3 amide bonds. The molecule has 4 aromatic rings. The molecule has 1 aliphatic carbocycles. The third kappa shape index (κ3) is 7.09. The number of benzene rings is 2. The second-order valence-corrected chi connectivity index (χ2v) is 10.8. The summed E-state index contributed by atoms with van der Waals surface area (Å²) in [5.41, 5.74) is 1.94. The highest BCUT2D eigenvalue weighted by molar-refractivity contribution is 7.10. The van der Waals surface area contributed by atoms with Crippen LogP contribution in [0.15, 0.2) is 75.4 Å². The number of piperidine rings is 1. The first kappa shape index (κ1) is 27.8. The van der Waals surface area contributed by atoms with Gasteiger partial charge in [0.05, 0.1) is 13.1 Å². The van der Waals surface area contributed by atoms with Crippen LogP contribution in [0.3, 0.4) is 0 Å². The van der Waals surface area contributed by atoms with Crippen molar-refractivity contribution in [1.82, 2.24) is 25.7 Å². The van der Waals surface area contributed by atoms with Gasteiger partial charge in [-0.1, -0.05) is 41.1 Å². The molecular formula is C29H29N5O6S. The van der Waals surface area contributed by atoms with E-state index in [1.807, 2.05) is 60.7 Å². The Morgan fingerprint density at radius 3 is 2.61 bits per heavy atom. The van der Waals surface area contributed by atoms with Gasteiger partial charge in [0.1, 0.15) is 17.5 Å². The largest absolute Gasteiger partial charge is 0.457 e. The van der Waals surface area contributed by atoms with Crippen LogP contribution in [0.25, 0.3) is 11.4 Å². The zero-order valence-corrected chi connectivity index (χ0v) is 23.1. The van der Waals surface area contributed by atoms with E-state index < -0.39 is 11.8 Å². The second kappa shape index (κ2) is 12.6. The van der Waals surface area contributed by atoms with Crippen molar-refractivity contribution in [3.05, 3.63) is 87.0 Å². The summed E-state index contributed by atoms with van der Waals surface area (Å²) in [6.45, 7) is 2.28. The maximum atomic E-state index is 12.6. The van der Waals surface area contributed by atoms with Crippen LogP contribution < -0.4 is 21.1 Å². The normalized spacial score (nSPS) is 18.5. The van der Waals surface area contributed by atoms with E-state index in [0.29, 0.717) is 36.7 Å². The monoisotopic (exact) mass is 575 g/mol. The molecule has 2 aromatic heterocycles. The fourth-order valence-corrected chi connectivity index (χ4v) is 5.55. The predicted molar refractivity (Wildman–Crippen MR) is 151 cm³/mol. The topological polar surface area (TPSA) is 147 Å². The first-order chi connectivity index (χ1) is 19.9. The van der Waals surface area contributed by atoms with Gasteiger partial charge in [0.15, 0.2) is 5.82 Å². The smallest absolute Gasteiger partial charge is 0.439 e. The summed E-state index contributed by atoms with van der Waals surface area (Å²) in [6.07, 6.45) is 2.05. The van der Waals surface area contributed by atoms with Crippen molar-refractivity contribution in [2.45, 2.75) is 38.4 Å². The lowest BCUT2D eigenvalue weighted by Gasteiger charge is -2.26. The molecule has 1 aliphatic heterocycles. The molecule has 41 heavy (non-hydrogen) atoms. The summed E-state index contributed by atoms with van der Waals surface area (Å²) >= 11 is 1.42. The molecule has 0 bridgehead atoms. The van der Waals surface area contributed by atoms with Crippen molar-refractivity contribution in [2.75, 3.05) is 6.54 Å². The van der Waals surface area contributed by atoms with Gasteiger partial charge in [0, 0.05) is 21.9 Å². The molecular weight excluding hydrogens is 546 g/mol. The number of nitrogens with one attached hydrogen (secondary N) is 3. The molecule has 212 valence electrons. The average molecular weight is 576 g/mol. The molecule has 3 unspecified atom stereocenters. The third-order valence-corrected chi connectivity index (χ3v) is 7.77. The van der Waals surface area contributed by atoms with Crippen LogP contribution in [0.2, 0.25) is 0 Å². The Morgan fingerprint density at radius 1 is 1.15 bits per heavy atom. The highest BCUT2D eigenvalue weighted by Gasteiger charge is 2.55. The summed E-state index contributed by atoms with van der Waals surface area (Å²) in [5, 5.41) is 10.7. The first-order valence-corrected chi connectivity index (χ1v) is 14.0. The molecule has 6 rings (SSSR count). The standard InChI is InChI=1S/C16H17N5O5S.C13H12O/c22-7-17-5-13(23)21-11-2-8(11)3-12(21)15(24)18-4-10-1-9(6-27-10)14-19-16(25)26-20-14;1-11-7-9-13(10-8-11)14-12-5-3-2-4-6-12/h1,6-8,11-12H,2-5H2,(H,17,22)(H,18,24)(H,19,20,25);2-10H,1H3. The van der Waals surface area contributed by atoms with Gasteiger partial charge in [0.25, 0.3) is 0 Å². The number of ether oxygens (including phenoxy) is 1. The Kier molecular flexibility index (Phi) is 8.59. The van der Waals surface area contributed by atoms with Gasteiger partial charge < -0.3 is 20.3 Å². The quantitative estimate of drug-likeness (QED) is 0.260. The number of nitrogens with zero attached hydrogens (tertiary/aromatic N) is 2. The molecule has 2 fully saturated rings.